The maximum Gasteiger partial charge on any atom is 0.164 e. The second kappa shape index (κ2) is 5.37. The van der Waals surface area contributed by atoms with Crippen molar-refractivity contribution in [3.8, 4) is 11.4 Å². The van der Waals surface area contributed by atoms with Crippen LogP contribution in [0.25, 0.3) is 22.3 Å². The molecule has 3 rings (SSSR count). The summed E-state index contributed by atoms with van der Waals surface area (Å²) in [6.45, 7) is 0. The third kappa shape index (κ3) is 2.67. The zero-order chi connectivity index (χ0) is 15.1. The van der Waals surface area contributed by atoms with E-state index in [1.807, 2.05) is 0 Å². The van der Waals surface area contributed by atoms with Crippen LogP contribution in [0, 0.1) is 11.6 Å². The monoisotopic (exact) mass is 344 g/mol. The fourth-order valence-corrected chi connectivity index (χ4v) is 2.67. The highest BCUT2D eigenvalue weighted by Crippen LogP contribution is 2.32. The molecule has 2 aromatic carbocycles. The van der Waals surface area contributed by atoms with Crippen molar-refractivity contribution in [2.75, 3.05) is 0 Å². The van der Waals surface area contributed by atoms with Crippen molar-refractivity contribution < 1.29 is 8.78 Å². The van der Waals surface area contributed by atoms with Crippen LogP contribution in [0.2, 0.25) is 15.2 Å². The van der Waals surface area contributed by atoms with E-state index in [-0.39, 0.29) is 21.6 Å². The zero-order valence-corrected chi connectivity index (χ0v) is 12.4. The molecule has 106 valence electrons. The third-order valence-corrected chi connectivity index (χ3v) is 3.64. The number of halogens is 5. The van der Waals surface area contributed by atoms with Gasteiger partial charge in [-0.05, 0) is 24.3 Å². The van der Waals surface area contributed by atoms with E-state index in [0.717, 1.165) is 12.1 Å². The van der Waals surface area contributed by atoms with Crippen molar-refractivity contribution >= 4 is 45.7 Å². The summed E-state index contributed by atoms with van der Waals surface area (Å²) in [5.41, 5.74) is 0.381. The number of nitrogens with zero attached hydrogens (tertiary/aromatic N) is 2. The zero-order valence-electron chi connectivity index (χ0n) is 10.2. The summed E-state index contributed by atoms with van der Waals surface area (Å²) in [5.74, 6) is -1.45. The minimum absolute atomic E-state index is 0.0224. The van der Waals surface area contributed by atoms with Crippen molar-refractivity contribution in [1.82, 2.24) is 9.97 Å². The fourth-order valence-electron chi connectivity index (χ4n) is 1.91. The van der Waals surface area contributed by atoms with Gasteiger partial charge in [-0.3, -0.25) is 0 Å². The van der Waals surface area contributed by atoms with Crippen LogP contribution in [0.3, 0.4) is 0 Å². The SMILES string of the molecule is Fc1ccc(-c2nc(Cl)c3cc(Cl)cc(Cl)c3n2)c(F)c1. The van der Waals surface area contributed by atoms with Crippen LogP contribution in [-0.4, -0.2) is 9.97 Å². The maximum absolute atomic E-state index is 13.8. The van der Waals surface area contributed by atoms with Crippen LogP contribution in [0.15, 0.2) is 30.3 Å². The normalized spacial score (nSPS) is 11.1. The predicted molar refractivity (Wildman–Crippen MR) is 79.9 cm³/mol. The minimum atomic E-state index is -0.782. The van der Waals surface area contributed by atoms with Gasteiger partial charge >= 0.3 is 0 Å². The van der Waals surface area contributed by atoms with Gasteiger partial charge in [0.2, 0.25) is 0 Å². The molecule has 0 aliphatic carbocycles. The van der Waals surface area contributed by atoms with Gasteiger partial charge in [-0.1, -0.05) is 34.8 Å². The van der Waals surface area contributed by atoms with Crippen LogP contribution in [0.5, 0.6) is 0 Å². The van der Waals surface area contributed by atoms with Crippen molar-refractivity contribution in [3.63, 3.8) is 0 Å². The molecule has 0 N–H and O–H groups in total. The van der Waals surface area contributed by atoms with Crippen LogP contribution in [0.1, 0.15) is 0 Å². The minimum Gasteiger partial charge on any atom is -0.226 e. The molecule has 0 saturated carbocycles. The Labute approximate surface area is 133 Å². The van der Waals surface area contributed by atoms with Gasteiger partial charge in [-0.25, -0.2) is 18.7 Å². The number of benzene rings is 2. The van der Waals surface area contributed by atoms with E-state index in [0.29, 0.717) is 15.9 Å². The van der Waals surface area contributed by atoms with Gasteiger partial charge in [-0.15, -0.1) is 0 Å². The number of rotatable bonds is 1. The highest BCUT2D eigenvalue weighted by molar-refractivity contribution is 6.41. The molecule has 0 fully saturated rings. The van der Waals surface area contributed by atoms with Crippen LogP contribution in [0.4, 0.5) is 8.78 Å². The second-order valence-corrected chi connectivity index (χ2v) is 5.45. The third-order valence-electron chi connectivity index (χ3n) is 2.84. The first kappa shape index (κ1) is 14.4. The van der Waals surface area contributed by atoms with Gasteiger partial charge < -0.3 is 0 Å². The van der Waals surface area contributed by atoms with E-state index < -0.39 is 11.6 Å². The molecule has 7 heteroatoms. The van der Waals surface area contributed by atoms with Gasteiger partial charge in [0.05, 0.1) is 16.1 Å². The molecule has 0 aliphatic rings. The lowest BCUT2D eigenvalue weighted by atomic mass is 10.1. The Morgan fingerprint density at radius 3 is 2.38 bits per heavy atom. The molecule has 0 bridgehead atoms. The quantitative estimate of drug-likeness (QED) is 0.542. The molecular formula is C14H5Cl3F2N2. The number of aromatic nitrogens is 2. The van der Waals surface area contributed by atoms with E-state index in [2.05, 4.69) is 9.97 Å². The largest absolute Gasteiger partial charge is 0.226 e. The Hall–Kier alpha value is -1.49. The number of hydrogen-bond acceptors (Lipinski definition) is 2. The van der Waals surface area contributed by atoms with E-state index >= 15 is 0 Å². The average molecular weight is 346 g/mol. The Morgan fingerprint density at radius 2 is 1.67 bits per heavy atom. The van der Waals surface area contributed by atoms with E-state index in [4.69, 9.17) is 34.8 Å². The van der Waals surface area contributed by atoms with E-state index in [1.54, 1.807) is 6.07 Å². The van der Waals surface area contributed by atoms with E-state index in [1.165, 1.54) is 12.1 Å². The second-order valence-electron chi connectivity index (χ2n) is 4.25. The lowest BCUT2D eigenvalue weighted by Gasteiger charge is -2.07. The molecular weight excluding hydrogens is 341 g/mol. The van der Waals surface area contributed by atoms with Crippen molar-refractivity contribution in [1.29, 1.82) is 0 Å². The molecule has 0 saturated heterocycles. The Bertz CT molecular complexity index is 868. The predicted octanol–water partition coefficient (Wildman–Crippen LogP) is 5.54. The molecule has 0 unspecified atom stereocenters. The van der Waals surface area contributed by atoms with Gasteiger partial charge in [0.25, 0.3) is 0 Å². The summed E-state index contributed by atoms with van der Waals surface area (Å²) in [4.78, 5) is 8.21. The topological polar surface area (TPSA) is 25.8 Å². The molecule has 21 heavy (non-hydrogen) atoms. The van der Waals surface area contributed by atoms with Gasteiger partial charge in [-0.2, -0.15) is 0 Å². The molecule has 0 aliphatic heterocycles. The van der Waals surface area contributed by atoms with Gasteiger partial charge in [0, 0.05) is 16.5 Å². The van der Waals surface area contributed by atoms with Gasteiger partial charge in [0.15, 0.2) is 5.82 Å². The summed E-state index contributed by atoms with van der Waals surface area (Å²) in [5, 5.41) is 1.20. The van der Waals surface area contributed by atoms with Crippen molar-refractivity contribution in [2.45, 2.75) is 0 Å². The molecule has 2 nitrogen and oxygen atoms in total. The molecule has 0 atom stereocenters. The molecule has 1 aromatic heterocycles. The number of hydrogen-bond donors (Lipinski definition) is 0. The summed E-state index contributed by atoms with van der Waals surface area (Å²) in [6.07, 6.45) is 0. The Morgan fingerprint density at radius 1 is 0.905 bits per heavy atom. The number of fused-ring (bicyclic) bond motifs is 1. The Balaban J connectivity index is 2.30. The lowest BCUT2D eigenvalue weighted by Crippen LogP contribution is -1.95. The summed E-state index contributed by atoms with van der Waals surface area (Å²) in [6, 6.07) is 6.17. The average Bonchev–Trinajstić information content (AvgIpc) is 2.40. The van der Waals surface area contributed by atoms with Crippen LogP contribution >= 0.6 is 34.8 Å². The molecule has 0 radical (unpaired) electrons. The van der Waals surface area contributed by atoms with E-state index in [9.17, 15) is 8.78 Å². The lowest BCUT2D eigenvalue weighted by molar-refractivity contribution is 0.585. The van der Waals surface area contributed by atoms with Crippen LogP contribution in [-0.2, 0) is 0 Å². The smallest absolute Gasteiger partial charge is 0.164 e. The standard InChI is InChI=1S/C14H5Cl3F2N2/c15-6-3-9-12(10(16)4-6)20-14(21-13(9)17)8-2-1-7(18)5-11(8)19/h1-5H. The molecule has 0 amide bonds. The van der Waals surface area contributed by atoms with Crippen molar-refractivity contribution in [2.24, 2.45) is 0 Å². The summed E-state index contributed by atoms with van der Waals surface area (Å²) >= 11 is 18.0. The highest BCUT2D eigenvalue weighted by atomic mass is 35.5. The molecule has 3 aromatic rings. The summed E-state index contributed by atoms with van der Waals surface area (Å²) in [7, 11) is 0. The first-order chi connectivity index (χ1) is 9.95. The summed E-state index contributed by atoms with van der Waals surface area (Å²) < 4.78 is 26.8. The van der Waals surface area contributed by atoms with Crippen LogP contribution < -0.4 is 0 Å². The van der Waals surface area contributed by atoms with Crippen molar-refractivity contribution in [3.05, 3.63) is 57.2 Å². The highest BCUT2D eigenvalue weighted by Gasteiger charge is 2.14. The Kier molecular flexibility index (Phi) is 3.69. The maximum atomic E-state index is 13.8. The van der Waals surface area contributed by atoms with Gasteiger partial charge in [0.1, 0.15) is 16.8 Å². The first-order valence-corrected chi connectivity index (χ1v) is 6.87. The first-order valence-electron chi connectivity index (χ1n) is 5.73. The molecule has 0 spiro atoms. The fraction of sp³-hybridized carbons (Fsp3) is 0. The molecule has 1 heterocycles.